The molecule has 3 nitrogen and oxygen atoms in total. The molecular weight excluding hydrogens is 244 g/mol. The number of aliphatic imine (C=N–C) groups is 1. The highest BCUT2D eigenvalue weighted by Crippen LogP contribution is 2.28. The second-order valence-electron chi connectivity index (χ2n) is 4.46. The lowest BCUT2D eigenvalue weighted by atomic mass is 10.2. The Labute approximate surface area is 113 Å². The van der Waals surface area contributed by atoms with Crippen LogP contribution in [-0.2, 0) is 0 Å². The van der Waals surface area contributed by atoms with E-state index in [1.807, 2.05) is 6.07 Å². The second-order valence-corrected chi connectivity index (χ2v) is 5.55. The average molecular weight is 264 g/mol. The topological polar surface area (TPSA) is 33.6 Å². The van der Waals surface area contributed by atoms with E-state index < -0.39 is 0 Å². The summed E-state index contributed by atoms with van der Waals surface area (Å²) < 4.78 is 5.37. The van der Waals surface area contributed by atoms with Gasteiger partial charge in [-0.3, -0.25) is 4.99 Å². The van der Waals surface area contributed by atoms with Gasteiger partial charge in [0.1, 0.15) is 5.75 Å². The van der Waals surface area contributed by atoms with Gasteiger partial charge in [0.25, 0.3) is 0 Å². The number of amidine groups is 1. The summed E-state index contributed by atoms with van der Waals surface area (Å²) in [5.74, 6) is 2.00. The van der Waals surface area contributed by atoms with Crippen molar-refractivity contribution in [2.45, 2.75) is 32.7 Å². The minimum atomic E-state index is 0.463. The van der Waals surface area contributed by atoms with Crippen molar-refractivity contribution in [1.29, 1.82) is 0 Å². The molecule has 0 aromatic heterocycles. The van der Waals surface area contributed by atoms with Crippen LogP contribution >= 0.6 is 11.8 Å². The third kappa shape index (κ3) is 3.19. The molecule has 0 amide bonds. The lowest BCUT2D eigenvalue weighted by Gasteiger charge is -2.20. The standard InChI is InChI=1S/C14H20N2OS/c1-4-11-7-8-18-14(15-11)16-12-9-10(2)5-6-13(12)17-3/h5-6,9,11H,4,7-8H2,1-3H3,(H,15,16). The van der Waals surface area contributed by atoms with Crippen LogP contribution < -0.4 is 10.1 Å². The van der Waals surface area contributed by atoms with E-state index in [9.17, 15) is 0 Å². The summed E-state index contributed by atoms with van der Waals surface area (Å²) in [4.78, 5) is 4.71. The first kappa shape index (κ1) is 13.3. The molecule has 0 aliphatic carbocycles. The van der Waals surface area contributed by atoms with Crippen molar-refractivity contribution in [3.8, 4) is 5.75 Å². The van der Waals surface area contributed by atoms with Crippen LogP contribution in [0.3, 0.4) is 0 Å². The smallest absolute Gasteiger partial charge is 0.161 e. The third-order valence-electron chi connectivity index (χ3n) is 3.06. The van der Waals surface area contributed by atoms with Crippen molar-refractivity contribution in [1.82, 2.24) is 0 Å². The molecule has 1 aromatic rings. The molecule has 2 rings (SSSR count). The summed E-state index contributed by atoms with van der Waals surface area (Å²) in [6, 6.07) is 6.60. The third-order valence-corrected chi connectivity index (χ3v) is 3.98. The quantitative estimate of drug-likeness (QED) is 0.904. The van der Waals surface area contributed by atoms with E-state index in [2.05, 4.69) is 31.3 Å². The molecule has 1 aliphatic rings. The molecule has 0 saturated heterocycles. The summed E-state index contributed by atoms with van der Waals surface area (Å²) >= 11 is 1.79. The Morgan fingerprint density at radius 3 is 3.06 bits per heavy atom. The summed E-state index contributed by atoms with van der Waals surface area (Å²) in [6.45, 7) is 4.27. The Kier molecular flexibility index (Phi) is 4.53. The predicted octanol–water partition coefficient (Wildman–Crippen LogP) is 3.69. The SMILES string of the molecule is CCC1CCSC(Nc2cc(C)ccc2OC)=N1. The van der Waals surface area contributed by atoms with Crippen LogP contribution in [0.1, 0.15) is 25.3 Å². The van der Waals surface area contributed by atoms with Crippen LogP contribution in [0, 0.1) is 6.92 Å². The fraction of sp³-hybridized carbons (Fsp3) is 0.500. The van der Waals surface area contributed by atoms with Crippen LogP contribution in [0.15, 0.2) is 23.2 Å². The van der Waals surface area contributed by atoms with E-state index in [1.165, 1.54) is 12.0 Å². The van der Waals surface area contributed by atoms with Crippen molar-refractivity contribution in [3.05, 3.63) is 23.8 Å². The predicted molar refractivity (Wildman–Crippen MR) is 79.9 cm³/mol. The van der Waals surface area contributed by atoms with Crippen molar-refractivity contribution >= 4 is 22.6 Å². The van der Waals surface area contributed by atoms with E-state index in [1.54, 1.807) is 18.9 Å². The molecule has 1 heterocycles. The van der Waals surface area contributed by atoms with Crippen LogP contribution in [0.4, 0.5) is 5.69 Å². The molecule has 1 unspecified atom stereocenters. The summed E-state index contributed by atoms with van der Waals surface area (Å²) in [5, 5.41) is 4.40. The number of rotatable bonds is 3. The number of aryl methyl sites for hydroxylation is 1. The maximum absolute atomic E-state index is 5.37. The van der Waals surface area contributed by atoms with E-state index in [4.69, 9.17) is 9.73 Å². The van der Waals surface area contributed by atoms with Gasteiger partial charge in [0.2, 0.25) is 0 Å². The first-order valence-electron chi connectivity index (χ1n) is 6.35. The normalized spacial score (nSPS) is 19.3. The van der Waals surface area contributed by atoms with Crippen LogP contribution in [0.25, 0.3) is 0 Å². The maximum Gasteiger partial charge on any atom is 0.161 e. The molecular formula is C14H20N2OS. The zero-order valence-electron chi connectivity index (χ0n) is 11.2. The molecule has 0 spiro atoms. The Balaban J connectivity index is 2.18. The molecule has 0 bridgehead atoms. The second kappa shape index (κ2) is 6.14. The number of methoxy groups -OCH3 is 1. The van der Waals surface area contributed by atoms with E-state index >= 15 is 0 Å². The van der Waals surface area contributed by atoms with Gasteiger partial charge in [-0.2, -0.15) is 0 Å². The lowest BCUT2D eigenvalue weighted by molar-refractivity contribution is 0.417. The highest BCUT2D eigenvalue weighted by molar-refractivity contribution is 8.14. The number of ether oxygens (including phenoxy) is 1. The van der Waals surface area contributed by atoms with Gasteiger partial charge in [-0.1, -0.05) is 24.8 Å². The molecule has 0 fully saturated rings. The summed E-state index contributed by atoms with van der Waals surface area (Å²) in [5.41, 5.74) is 2.22. The summed E-state index contributed by atoms with van der Waals surface area (Å²) in [7, 11) is 1.69. The monoisotopic (exact) mass is 264 g/mol. The van der Waals surface area contributed by atoms with Crippen molar-refractivity contribution in [3.63, 3.8) is 0 Å². The molecule has 1 N–H and O–H groups in total. The van der Waals surface area contributed by atoms with Gasteiger partial charge in [0.15, 0.2) is 5.17 Å². The minimum Gasteiger partial charge on any atom is -0.495 e. The van der Waals surface area contributed by atoms with Gasteiger partial charge in [-0.05, 0) is 37.5 Å². The first-order chi connectivity index (χ1) is 8.72. The lowest BCUT2D eigenvalue weighted by Crippen LogP contribution is -2.19. The Hall–Kier alpha value is -1.16. The van der Waals surface area contributed by atoms with Gasteiger partial charge in [0.05, 0.1) is 18.8 Å². The maximum atomic E-state index is 5.37. The van der Waals surface area contributed by atoms with Gasteiger partial charge in [0, 0.05) is 5.75 Å². The average Bonchev–Trinajstić information content (AvgIpc) is 2.39. The molecule has 0 radical (unpaired) electrons. The number of anilines is 1. The highest BCUT2D eigenvalue weighted by Gasteiger charge is 2.15. The van der Waals surface area contributed by atoms with Crippen molar-refractivity contribution < 1.29 is 4.74 Å². The molecule has 18 heavy (non-hydrogen) atoms. The van der Waals surface area contributed by atoms with Gasteiger partial charge in [-0.25, -0.2) is 0 Å². The Morgan fingerprint density at radius 1 is 1.50 bits per heavy atom. The van der Waals surface area contributed by atoms with Crippen LogP contribution in [0.5, 0.6) is 5.75 Å². The van der Waals surface area contributed by atoms with Crippen molar-refractivity contribution in [2.24, 2.45) is 4.99 Å². The number of hydrogen-bond donors (Lipinski definition) is 1. The highest BCUT2D eigenvalue weighted by atomic mass is 32.2. The minimum absolute atomic E-state index is 0.463. The van der Waals surface area contributed by atoms with Crippen LogP contribution in [-0.4, -0.2) is 24.1 Å². The number of benzene rings is 1. The van der Waals surface area contributed by atoms with E-state index in [0.29, 0.717) is 6.04 Å². The van der Waals surface area contributed by atoms with Gasteiger partial charge in [-0.15, -0.1) is 0 Å². The molecule has 1 aromatic carbocycles. The van der Waals surface area contributed by atoms with E-state index in [-0.39, 0.29) is 0 Å². The molecule has 4 heteroatoms. The zero-order valence-corrected chi connectivity index (χ0v) is 12.0. The number of nitrogens with one attached hydrogen (secondary N) is 1. The molecule has 1 atom stereocenters. The van der Waals surface area contributed by atoms with Crippen LogP contribution in [0.2, 0.25) is 0 Å². The van der Waals surface area contributed by atoms with Crippen molar-refractivity contribution in [2.75, 3.05) is 18.2 Å². The van der Waals surface area contributed by atoms with E-state index in [0.717, 1.165) is 28.8 Å². The summed E-state index contributed by atoms with van der Waals surface area (Å²) in [6.07, 6.45) is 2.29. The van der Waals surface area contributed by atoms with Gasteiger partial charge >= 0.3 is 0 Å². The molecule has 98 valence electrons. The van der Waals surface area contributed by atoms with Gasteiger partial charge < -0.3 is 10.1 Å². The molecule has 0 saturated carbocycles. The fourth-order valence-corrected chi connectivity index (χ4v) is 2.95. The zero-order chi connectivity index (χ0) is 13.0. The fourth-order valence-electron chi connectivity index (χ4n) is 1.96. The number of thioether (sulfide) groups is 1. The number of hydrogen-bond acceptors (Lipinski definition) is 4. The molecule has 1 aliphatic heterocycles. The first-order valence-corrected chi connectivity index (χ1v) is 7.33. The Morgan fingerprint density at radius 2 is 2.33 bits per heavy atom. The Bertz CT molecular complexity index is 445. The number of nitrogens with zero attached hydrogens (tertiary/aromatic N) is 1. The largest absolute Gasteiger partial charge is 0.495 e.